The Labute approximate surface area is 158 Å². The molecule has 1 amide bonds. The van der Waals surface area contributed by atoms with E-state index in [1.807, 2.05) is 0 Å². The second kappa shape index (κ2) is 9.21. The second-order valence-electron chi connectivity index (χ2n) is 5.13. The van der Waals surface area contributed by atoms with Gasteiger partial charge >= 0.3 is 5.97 Å². The molecule has 0 aliphatic carbocycles. The number of anilines is 1. The zero-order valence-corrected chi connectivity index (χ0v) is 15.3. The number of halogens is 1. The van der Waals surface area contributed by atoms with Gasteiger partial charge in [0.05, 0.1) is 15.6 Å². The van der Waals surface area contributed by atoms with Gasteiger partial charge in [-0.3, -0.25) is 19.7 Å². The summed E-state index contributed by atoms with van der Waals surface area (Å²) in [6.45, 7) is 1.30. The summed E-state index contributed by atoms with van der Waals surface area (Å²) in [5.41, 5.74) is 1.16. The lowest BCUT2D eigenvalue weighted by Gasteiger charge is -2.10. The highest BCUT2D eigenvalue weighted by Gasteiger charge is 2.15. The number of thioether (sulfide) groups is 1. The number of benzene rings is 2. The first-order valence-electron chi connectivity index (χ1n) is 7.45. The Morgan fingerprint density at radius 1 is 1.23 bits per heavy atom. The van der Waals surface area contributed by atoms with Crippen LogP contribution in [0.2, 0.25) is 5.02 Å². The highest BCUT2D eigenvalue weighted by molar-refractivity contribution is 8.00. The van der Waals surface area contributed by atoms with E-state index in [0.717, 1.165) is 11.8 Å². The minimum absolute atomic E-state index is 0.0838. The summed E-state index contributed by atoms with van der Waals surface area (Å²) in [5, 5.41) is 14.0. The Hall–Kier alpha value is -2.58. The Morgan fingerprint density at radius 3 is 2.69 bits per heavy atom. The number of hydrogen-bond acceptors (Lipinski definition) is 6. The van der Waals surface area contributed by atoms with Crippen LogP contribution in [0, 0.1) is 17.0 Å². The van der Waals surface area contributed by atoms with Gasteiger partial charge in [0, 0.05) is 16.8 Å². The van der Waals surface area contributed by atoms with Crippen molar-refractivity contribution < 1.29 is 19.2 Å². The highest BCUT2D eigenvalue weighted by atomic mass is 35.5. The van der Waals surface area contributed by atoms with E-state index in [0.29, 0.717) is 21.2 Å². The quantitative estimate of drug-likeness (QED) is 0.331. The molecule has 26 heavy (non-hydrogen) atoms. The van der Waals surface area contributed by atoms with E-state index in [2.05, 4.69) is 5.32 Å². The Kier molecular flexibility index (Phi) is 6.99. The molecule has 0 saturated carbocycles. The van der Waals surface area contributed by atoms with Gasteiger partial charge < -0.3 is 10.1 Å². The van der Waals surface area contributed by atoms with Crippen molar-refractivity contribution >= 4 is 46.6 Å². The molecule has 0 heterocycles. The zero-order chi connectivity index (χ0) is 19.1. The van der Waals surface area contributed by atoms with Crippen molar-refractivity contribution in [2.24, 2.45) is 0 Å². The van der Waals surface area contributed by atoms with Crippen molar-refractivity contribution in [1.82, 2.24) is 0 Å². The molecule has 0 fully saturated rings. The number of hydrogen-bond donors (Lipinski definition) is 1. The first kappa shape index (κ1) is 19.7. The van der Waals surface area contributed by atoms with E-state index in [4.69, 9.17) is 16.3 Å². The first-order valence-corrected chi connectivity index (χ1v) is 8.81. The smallest absolute Gasteiger partial charge is 0.316 e. The monoisotopic (exact) mass is 394 g/mol. The highest BCUT2D eigenvalue weighted by Crippen LogP contribution is 2.28. The van der Waals surface area contributed by atoms with E-state index in [1.54, 1.807) is 43.3 Å². The zero-order valence-electron chi connectivity index (χ0n) is 13.7. The lowest BCUT2D eigenvalue weighted by molar-refractivity contribution is -0.387. The molecule has 0 bridgehead atoms. The second-order valence-corrected chi connectivity index (χ2v) is 6.56. The van der Waals surface area contributed by atoms with E-state index in [1.165, 1.54) is 6.07 Å². The van der Waals surface area contributed by atoms with Crippen LogP contribution >= 0.6 is 23.4 Å². The molecule has 0 aliphatic rings. The topological polar surface area (TPSA) is 98.5 Å². The van der Waals surface area contributed by atoms with Crippen molar-refractivity contribution in [3.8, 4) is 0 Å². The first-order chi connectivity index (χ1) is 12.4. The molecule has 0 aromatic heterocycles. The summed E-state index contributed by atoms with van der Waals surface area (Å²) in [4.78, 5) is 34.4. The standard InChI is InChI=1S/C17H15ClN2O5S/c1-11-12(18)5-4-6-13(11)19-16(21)9-25-17(22)10-26-15-8-3-2-7-14(15)20(23)24/h2-8H,9-10H2,1H3,(H,19,21). The molecule has 0 spiro atoms. The van der Waals surface area contributed by atoms with Gasteiger partial charge in [-0.15, -0.1) is 11.8 Å². The maximum Gasteiger partial charge on any atom is 0.316 e. The third kappa shape index (κ3) is 5.47. The molecular formula is C17H15ClN2O5S. The number of rotatable bonds is 7. The van der Waals surface area contributed by atoms with Crippen LogP contribution in [0.3, 0.4) is 0 Å². The van der Waals surface area contributed by atoms with Crippen LogP contribution in [0.1, 0.15) is 5.56 Å². The third-order valence-electron chi connectivity index (χ3n) is 3.31. The van der Waals surface area contributed by atoms with Crippen LogP contribution < -0.4 is 5.32 Å². The summed E-state index contributed by atoms with van der Waals surface area (Å²) in [6.07, 6.45) is 0. The van der Waals surface area contributed by atoms with Crippen molar-refractivity contribution in [3.63, 3.8) is 0 Å². The normalized spacial score (nSPS) is 10.2. The molecule has 136 valence electrons. The van der Waals surface area contributed by atoms with E-state index < -0.39 is 23.4 Å². The largest absolute Gasteiger partial charge is 0.455 e. The maximum absolute atomic E-state index is 11.9. The number of nitrogens with zero attached hydrogens (tertiary/aromatic N) is 1. The SMILES string of the molecule is Cc1c(Cl)cccc1NC(=O)COC(=O)CSc1ccccc1[N+](=O)[O-]. The Morgan fingerprint density at radius 2 is 1.96 bits per heavy atom. The molecule has 0 atom stereocenters. The van der Waals surface area contributed by atoms with Gasteiger partial charge in [-0.05, 0) is 30.7 Å². The van der Waals surface area contributed by atoms with Crippen LogP contribution in [0.5, 0.6) is 0 Å². The summed E-state index contributed by atoms with van der Waals surface area (Å²) in [5.74, 6) is -1.29. The molecule has 9 heteroatoms. The number of nitro groups is 1. The number of esters is 1. The van der Waals surface area contributed by atoms with Crippen molar-refractivity contribution in [2.45, 2.75) is 11.8 Å². The summed E-state index contributed by atoms with van der Waals surface area (Å²) >= 11 is 6.95. The number of amides is 1. The molecular weight excluding hydrogens is 380 g/mol. The Balaban J connectivity index is 1.83. The van der Waals surface area contributed by atoms with Crippen molar-refractivity contribution in [1.29, 1.82) is 0 Å². The molecule has 2 aromatic carbocycles. The average molecular weight is 395 g/mol. The number of nitrogens with one attached hydrogen (secondary N) is 1. The molecule has 7 nitrogen and oxygen atoms in total. The number of carbonyl (C=O) groups excluding carboxylic acids is 2. The van der Waals surface area contributed by atoms with E-state index in [-0.39, 0.29) is 11.4 Å². The fourth-order valence-electron chi connectivity index (χ4n) is 1.98. The van der Waals surface area contributed by atoms with Crippen LogP contribution in [-0.2, 0) is 14.3 Å². The number of ether oxygens (including phenoxy) is 1. The average Bonchev–Trinajstić information content (AvgIpc) is 2.62. The van der Waals surface area contributed by atoms with Gasteiger partial charge in [0.15, 0.2) is 6.61 Å². The molecule has 2 aromatic rings. The fourth-order valence-corrected chi connectivity index (χ4v) is 2.98. The molecule has 0 unspecified atom stereocenters. The molecule has 0 aliphatic heterocycles. The maximum atomic E-state index is 11.9. The minimum atomic E-state index is -0.647. The third-order valence-corrected chi connectivity index (χ3v) is 4.76. The summed E-state index contributed by atoms with van der Waals surface area (Å²) in [7, 11) is 0. The molecule has 1 N–H and O–H groups in total. The van der Waals surface area contributed by atoms with Gasteiger partial charge in [-0.1, -0.05) is 29.8 Å². The lowest BCUT2D eigenvalue weighted by Crippen LogP contribution is -2.22. The van der Waals surface area contributed by atoms with Gasteiger partial charge in [-0.2, -0.15) is 0 Å². The van der Waals surface area contributed by atoms with E-state index in [9.17, 15) is 19.7 Å². The molecule has 2 rings (SSSR count). The Bertz CT molecular complexity index is 844. The van der Waals surface area contributed by atoms with Crippen LogP contribution in [0.15, 0.2) is 47.4 Å². The fraction of sp³-hybridized carbons (Fsp3) is 0.176. The number of para-hydroxylation sites is 1. The predicted molar refractivity (Wildman–Crippen MR) is 99.6 cm³/mol. The number of carbonyl (C=O) groups is 2. The van der Waals surface area contributed by atoms with Crippen LogP contribution in [0.4, 0.5) is 11.4 Å². The van der Waals surface area contributed by atoms with E-state index >= 15 is 0 Å². The van der Waals surface area contributed by atoms with Gasteiger partial charge in [-0.25, -0.2) is 0 Å². The lowest BCUT2D eigenvalue weighted by atomic mass is 10.2. The van der Waals surface area contributed by atoms with Crippen LogP contribution in [-0.4, -0.2) is 29.2 Å². The number of nitro benzene ring substituents is 1. The summed E-state index contributed by atoms with van der Waals surface area (Å²) < 4.78 is 4.89. The van der Waals surface area contributed by atoms with Crippen molar-refractivity contribution in [2.75, 3.05) is 17.7 Å². The van der Waals surface area contributed by atoms with Gasteiger partial charge in [0.25, 0.3) is 11.6 Å². The summed E-state index contributed by atoms with van der Waals surface area (Å²) in [6, 6.07) is 11.2. The van der Waals surface area contributed by atoms with Crippen LogP contribution in [0.25, 0.3) is 0 Å². The van der Waals surface area contributed by atoms with Gasteiger partial charge in [0.2, 0.25) is 0 Å². The molecule has 0 radical (unpaired) electrons. The van der Waals surface area contributed by atoms with Gasteiger partial charge in [0.1, 0.15) is 0 Å². The molecule has 0 saturated heterocycles. The minimum Gasteiger partial charge on any atom is -0.455 e. The van der Waals surface area contributed by atoms with Crippen molar-refractivity contribution in [3.05, 3.63) is 63.2 Å². The predicted octanol–water partition coefficient (Wildman–Crippen LogP) is 3.83.